The quantitative estimate of drug-likeness (QED) is 0.578. The Kier molecular flexibility index (Phi) is 5.37. The van der Waals surface area contributed by atoms with E-state index in [0.717, 1.165) is 0 Å². The van der Waals surface area contributed by atoms with Gasteiger partial charge in [-0.05, 0) is 36.3 Å². The third kappa shape index (κ3) is 3.76. The van der Waals surface area contributed by atoms with E-state index in [0.29, 0.717) is 23.7 Å². The zero-order valence-electron chi connectivity index (χ0n) is 14.9. The van der Waals surface area contributed by atoms with Crippen molar-refractivity contribution in [3.8, 4) is 0 Å². The molecule has 0 aromatic heterocycles. The normalized spacial score (nSPS) is 18.6. The first-order valence-electron chi connectivity index (χ1n) is 8.53. The van der Waals surface area contributed by atoms with Gasteiger partial charge in [-0.3, -0.25) is 0 Å². The van der Waals surface area contributed by atoms with Gasteiger partial charge in [0.1, 0.15) is 11.1 Å². The van der Waals surface area contributed by atoms with Gasteiger partial charge in [-0.25, -0.2) is 0 Å². The maximum atomic E-state index is 3.68. The second-order valence-corrected chi connectivity index (χ2v) is 7.24. The van der Waals surface area contributed by atoms with Crippen molar-refractivity contribution in [1.82, 2.24) is 0 Å². The highest BCUT2D eigenvalue weighted by molar-refractivity contribution is 5.53. The van der Waals surface area contributed by atoms with Gasteiger partial charge in [-0.2, -0.15) is 0 Å². The van der Waals surface area contributed by atoms with Crippen LogP contribution in [0.4, 0.5) is 0 Å². The highest BCUT2D eigenvalue weighted by Gasteiger charge is 2.30. The van der Waals surface area contributed by atoms with Gasteiger partial charge in [0, 0.05) is 47.1 Å². The Morgan fingerprint density at radius 1 is 0.773 bits per heavy atom. The van der Waals surface area contributed by atoms with Gasteiger partial charge in [-0.15, -0.1) is 0 Å². The van der Waals surface area contributed by atoms with Crippen molar-refractivity contribution in [2.75, 3.05) is 0 Å². The minimum absolute atomic E-state index is 0.523. The van der Waals surface area contributed by atoms with Gasteiger partial charge >= 0.3 is 0 Å². The fourth-order valence-electron chi connectivity index (χ4n) is 2.95. The van der Waals surface area contributed by atoms with Crippen molar-refractivity contribution in [1.29, 1.82) is 0 Å². The molecule has 0 radical (unpaired) electrons. The van der Waals surface area contributed by atoms with E-state index in [9.17, 15) is 0 Å². The summed E-state index contributed by atoms with van der Waals surface area (Å²) in [6, 6.07) is 10.5. The van der Waals surface area contributed by atoms with Crippen LogP contribution in [-0.4, -0.2) is 0 Å². The van der Waals surface area contributed by atoms with E-state index in [1.807, 2.05) is 0 Å². The fraction of sp³-hybridized carbons (Fsp3) is 0.455. The summed E-state index contributed by atoms with van der Waals surface area (Å²) in [7, 11) is 0. The maximum absolute atomic E-state index is 3.68. The van der Waals surface area contributed by atoms with Crippen LogP contribution in [0.15, 0.2) is 59.2 Å². The molecule has 0 saturated carbocycles. The van der Waals surface area contributed by atoms with Crippen LogP contribution < -0.4 is 0 Å². The smallest absolute Gasteiger partial charge is 0.0619 e. The zero-order valence-corrected chi connectivity index (χ0v) is 14.9. The van der Waals surface area contributed by atoms with Gasteiger partial charge in [0.15, 0.2) is 0 Å². The molecule has 1 aromatic carbocycles. The molecule has 0 saturated heterocycles. The minimum Gasteiger partial charge on any atom is -0.0619 e. The predicted molar refractivity (Wildman–Crippen MR) is 96.5 cm³/mol. The van der Waals surface area contributed by atoms with Crippen LogP contribution in [-0.2, 0) is 0 Å². The first kappa shape index (κ1) is 16.7. The van der Waals surface area contributed by atoms with Gasteiger partial charge in [-0.1, -0.05) is 41.5 Å². The molecule has 0 fully saturated rings. The lowest BCUT2D eigenvalue weighted by Gasteiger charge is -2.25. The molecule has 22 heavy (non-hydrogen) atoms. The van der Waals surface area contributed by atoms with Gasteiger partial charge in [0.05, 0.1) is 0 Å². The highest BCUT2D eigenvalue weighted by atomic mass is 14.3. The summed E-state index contributed by atoms with van der Waals surface area (Å²) in [6.07, 6.45) is 8.61. The summed E-state index contributed by atoms with van der Waals surface area (Å²) in [5, 5.41) is 0. The lowest BCUT2D eigenvalue weighted by molar-refractivity contribution is 0.529. The largest absolute Gasteiger partial charge is 0.128 e. The van der Waals surface area contributed by atoms with Crippen LogP contribution in [0.2, 0.25) is 0 Å². The van der Waals surface area contributed by atoms with Crippen LogP contribution in [0.1, 0.15) is 47.1 Å². The fourth-order valence-corrected chi connectivity index (χ4v) is 2.95. The standard InChI is InChI=1S/C22H29/c1-15(2)19-13-20(16(3)4)22(21(14-19)17(5)6)12-18-10-8-7-9-11-18/h7-11,13-17,19H,1-6H3/q+1. The van der Waals surface area contributed by atoms with Crippen molar-refractivity contribution in [2.45, 2.75) is 41.5 Å². The molecule has 2 rings (SSSR count). The molecule has 0 atom stereocenters. The van der Waals surface area contributed by atoms with Gasteiger partial charge in [0.2, 0.25) is 0 Å². The molecule has 0 heterocycles. The number of allylic oxidation sites excluding steroid dienone is 5. The van der Waals surface area contributed by atoms with Gasteiger partial charge < -0.3 is 0 Å². The molecule has 0 amide bonds. The third-order valence-corrected chi connectivity index (χ3v) is 4.38. The number of rotatable bonds is 4. The van der Waals surface area contributed by atoms with E-state index in [4.69, 9.17) is 0 Å². The Morgan fingerprint density at radius 3 is 1.68 bits per heavy atom. The first-order valence-corrected chi connectivity index (χ1v) is 8.53. The summed E-state index contributed by atoms with van der Waals surface area (Å²) in [5.41, 5.74) is 5.38. The molecule has 0 bridgehead atoms. The Hall–Kier alpha value is -1.65. The molecule has 1 aromatic rings. The summed E-state index contributed by atoms with van der Waals surface area (Å²) < 4.78 is 0. The molecule has 1 aliphatic rings. The van der Waals surface area contributed by atoms with E-state index < -0.39 is 0 Å². The van der Waals surface area contributed by atoms with E-state index in [2.05, 4.69) is 90.1 Å². The van der Waals surface area contributed by atoms with E-state index in [1.54, 1.807) is 0 Å². The average Bonchev–Trinajstić information content (AvgIpc) is 2.47. The topological polar surface area (TPSA) is 0 Å². The Balaban J connectivity index is 2.54. The van der Waals surface area contributed by atoms with Crippen molar-refractivity contribution >= 4 is 0 Å². The van der Waals surface area contributed by atoms with Crippen molar-refractivity contribution in [2.24, 2.45) is 23.7 Å². The van der Waals surface area contributed by atoms with Crippen LogP contribution >= 0.6 is 0 Å². The lowest BCUT2D eigenvalue weighted by atomic mass is 9.75. The van der Waals surface area contributed by atoms with Crippen LogP contribution in [0.25, 0.3) is 0 Å². The van der Waals surface area contributed by atoms with E-state index in [-0.39, 0.29) is 0 Å². The zero-order chi connectivity index (χ0) is 16.3. The van der Waals surface area contributed by atoms with E-state index in [1.165, 1.54) is 22.3 Å². The third-order valence-electron chi connectivity index (χ3n) is 4.38. The van der Waals surface area contributed by atoms with E-state index >= 15 is 0 Å². The van der Waals surface area contributed by atoms with Crippen molar-refractivity contribution in [3.05, 3.63) is 70.8 Å². The molecule has 1 aliphatic carbocycles. The Morgan fingerprint density at radius 2 is 1.27 bits per heavy atom. The summed E-state index contributed by atoms with van der Waals surface area (Å²) >= 11 is 0. The Bertz CT molecular complexity index is 552. The molecule has 0 N–H and O–H groups in total. The van der Waals surface area contributed by atoms with Crippen LogP contribution in [0.5, 0.6) is 0 Å². The average molecular weight is 293 g/mol. The van der Waals surface area contributed by atoms with Crippen LogP contribution in [0.3, 0.4) is 0 Å². The predicted octanol–water partition coefficient (Wildman–Crippen LogP) is 6.21. The number of hydrogen-bond donors (Lipinski definition) is 0. The van der Waals surface area contributed by atoms with Crippen molar-refractivity contribution < 1.29 is 0 Å². The number of benzene rings is 1. The molecular formula is C22H29+. The SMILES string of the molecule is CC(C)C1=CC(C(C)C)C=C(C(C)C)C1=[C+]c1ccccc1. The maximum Gasteiger partial charge on any atom is 0.128 e. The summed E-state index contributed by atoms with van der Waals surface area (Å²) in [5.74, 6) is 2.22. The molecule has 0 aliphatic heterocycles. The molecule has 116 valence electrons. The minimum atomic E-state index is 0.523. The molecule has 0 spiro atoms. The second kappa shape index (κ2) is 7.07. The molecule has 0 heteroatoms. The molecule has 0 unspecified atom stereocenters. The summed E-state index contributed by atoms with van der Waals surface area (Å²) in [6.45, 7) is 13.8. The molecular weight excluding hydrogens is 264 g/mol. The van der Waals surface area contributed by atoms with Gasteiger partial charge in [0.25, 0.3) is 0 Å². The monoisotopic (exact) mass is 293 g/mol. The number of hydrogen-bond acceptors (Lipinski definition) is 0. The molecule has 0 nitrogen and oxygen atoms in total. The Labute approximate surface area is 136 Å². The van der Waals surface area contributed by atoms with Crippen LogP contribution in [0, 0.1) is 29.7 Å². The lowest BCUT2D eigenvalue weighted by Crippen LogP contribution is -2.17. The van der Waals surface area contributed by atoms with Crippen molar-refractivity contribution in [3.63, 3.8) is 0 Å². The highest BCUT2D eigenvalue weighted by Crippen LogP contribution is 2.38. The second-order valence-electron chi connectivity index (χ2n) is 7.24. The first-order chi connectivity index (χ1) is 10.4. The summed E-state index contributed by atoms with van der Waals surface area (Å²) in [4.78, 5) is 0.